The largest absolute Gasteiger partial charge is 0.480 e. The van der Waals surface area contributed by atoms with Crippen LogP contribution in [-0.2, 0) is 4.79 Å². The molecular weight excluding hydrogens is 305 g/mol. The Hall–Kier alpha value is -1.37. The molecule has 0 aromatic carbocycles. The minimum Gasteiger partial charge on any atom is -0.480 e. The molecule has 108 valence electrons. The number of aromatic nitrogens is 1. The minimum absolute atomic E-state index is 0.00502. The molecule has 1 aromatic rings. The second-order valence-electron chi connectivity index (χ2n) is 4.46. The molecule has 1 amide bonds. The lowest BCUT2D eigenvalue weighted by atomic mass is 10.2. The van der Waals surface area contributed by atoms with Crippen LogP contribution in [0.2, 0.25) is 10.3 Å². The van der Waals surface area contributed by atoms with Crippen LogP contribution in [-0.4, -0.2) is 64.5 Å². The Morgan fingerprint density at radius 1 is 1.15 bits per heavy atom. The van der Waals surface area contributed by atoms with Gasteiger partial charge in [0, 0.05) is 31.7 Å². The SMILES string of the molecule is O=C(O)CN1CCN(C(=O)c2cc(Cl)nc(Cl)c2)CC1. The second kappa shape index (κ2) is 6.39. The molecule has 0 spiro atoms. The summed E-state index contributed by atoms with van der Waals surface area (Å²) in [5.41, 5.74) is 0.390. The van der Waals surface area contributed by atoms with Crippen molar-refractivity contribution in [2.75, 3.05) is 32.7 Å². The highest BCUT2D eigenvalue weighted by atomic mass is 35.5. The van der Waals surface area contributed by atoms with Gasteiger partial charge >= 0.3 is 5.97 Å². The summed E-state index contributed by atoms with van der Waals surface area (Å²) in [6.45, 7) is 2.01. The number of amides is 1. The van der Waals surface area contributed by atoms with E-state index in [1.807, 2.05) is 0 Å². The highest BCUT2D eigenvalue weighted by Gasteiger charge is 2.23. The van der Waals surface area contributed by atoms with E-state index in [0.717, 1.165) is 0 Å². The van der Waals surface area contributed by atoms with E-state index in [1.165, 1.54) is 12.1 Å². The number of hydrogen-bond donors (Lipinski definition) is 1. The first-order valence-corrected chi connectivity index (χ1v) is 6.78. The summed E-state index contributed by atoms with van der Waals surface area (Å²) in [7, 11) is 0. The van der Waals surface area contributed by atoms with E-state index in [1.54, 1.807) is 9.80 Å². The second-order valence-corrected chi connectivity index (χ2v) is 5.24. The van der Waals surface area contributed by atoms with Crippen molar-refractivity contribution >= 4 is 35.1 Å². The van der Waals surface area contributed by atoms with Crippen LogP contribution in [0.3, 0.4) is 0 Å². The topological polar surface area (TPSA) is 73.7 Å². The zero-order valence-corrected chi connectivity index (χ0v) is 12.1. The molecule has 1 fully saturated rings. The van der Waals surface area contributed by atoms with Crippen LogP contribution in [0.25, 0.3) is 0 Å². The molecule has 0 unspecified atom stereocenters. The van der Waals surface area contributed by atoms with E-state index < -0.39 is 5.97 Å². The van der Waals surface area contributed by atoms with Crippen molar-refractivity contribution in [3.05, 3.63) is 28.0 Å². The zero-order chi connectivity index (χ0) is 14.7. The van der Waals surface area contributed by atoms with E-state index in [4.69, 9.17) is 28.3 Å². The lowest BCUT2D eigenvalue weighted by molar-refractivity contribution is -0.138. The number of halogens is 2. The number of piperazine rings is 1. The third-order valence-corrected chi connectivity index (χ3v) is 3.42. The monoisotopic (exact) mass is 317 g/mol. The van der Waals surface area contributed by atoms with Crippen molar-refractivity contribution in [1.29, 1.82) is 0 Å². The number of carboxylic acids is 1. The molecule has 0 atom stereocenters. The van der Waals surface area contributed by atoms with Gasteiger partial charge in [-0.3, -0.25) is 14.5 Å². The molecule has 8 heteroatoms. The van der Waals surface area contributed by atoms with Crippen LogP contribution >= 0.6 is 23.2 Å². The van der Waals surface area contributed by atoms with Crippen molar-refractivity contribution in [3.8, 4) is 0 Å². The van der Waals surface area contributed by atoms with Gasteiger partial charge < -0.3 is 10.0 Å². The third-order valence-electron chi connectivity index (χ3n) is 3.03. The van der Waals surface area contributed by atoms with E-state index in [9.17, 15) is 9.59 Å². The number of nitrogens with zero attached hydrogens (tertiary/aromatic N) is 3. The first-order chi connectivity index (χ1) is 9.45. The van der Waals surface area contributed by atoms with Gasteiger partial charge in [-0.05, 0) is 12.1 Å². The fourth-order valence-electron chi connectivity index (χ4n) is 2.07. The van der Waals surface area contributed by atoms with Crippen molar-refractivity contribution in [2.45, 2.75) is 0 Å². The highest BCUT2D eigenvalue weighted by molar-refractivity contribution is 6.33. The molecule has 1 aliphatic rings. The molecule has 0 aliphatic carbocycles. The van der Waals surface area contributed by atoms with Gasteiger partial charge in [-0.2, -0.15) is 0 Å². The smallest absolute Gasteiger partial charge is 0.317 e. The van der Waals surface area contributed by atoms with Crippen molar-refractivity contribution in [1.82, 2.24) is 14.8 Å². The minimum atomic E-state index is -0.863. The fourth-order valence-corrected chi connectivity index (χ4v) is 2.53. The Labute approximate surface area is 125 Å². The Morgan fingerprint density at radius 3 is 2.20 bits per heavy atom. The van der Waals surface area contributed by atoms with Gasteiger partial charge in [0.1, 0.15) is 10.3 Å². The maximum Gasteiger partial charge on any atom is 0.317 e. The Morgan fingerprint density at radius 2 is 1.70 bits per heavy atom. The van der Waals surface area contributed by atoms with Gasteiger partial charge in [-0.15, -0.1) is 0 Å². The number of rotatable bonds is 3. The molecule has 0 radical (unpaired) electrons. The van der Waals surface area contributed by atoms with Gasteiger partial charge in [-0.1, -0.05) is 23.2 Å². The van der Waals surface area contributed by atoms with Crippen LogP contribution < -0.4 is 0 Å². The third kappa shape index (κ3) is 3.82. The van der Waals surface area contributed by atoms with Crippen LogP contribution in [0, 0.1) is 0 Å². The summed E-state index contributed by atoms with van der Waals surface area (Å²) in [5, 5.41) is 9.06. The maximum atomic E-state index is 12.3. The summed E-state index contributed by atoms with van der Waals surface area (Å²) in [4.78, 5) is 30.1. The van der Waals surface area contributed by atoms with Gasteiger partial charge in [0.25, 0.3) is 5.91 Å². The van der Waals surface area contributed by atoms with E-state index >= 15 is 0 Å². The molecular formula is C12H13Cl2N3O3. The maximum absolute atomic E-state index is 12.3. The van der Waals surface area contributed by atoms with Crippen molar-refractivity contribution in [3.63, 3.8) is 0 Å². The quantitative estimate of drug-likeness (QED) is 0.849. The van der Waals surface area contributed by atoms with Crippen LogP contribution in [0.15, 0.2) is 12.1 Å². The molecule has 20 heavy (non-hydrogen) atoms. The molecule has 6 nitrogen and oxygen atoms in total. The molecule has 0 saturated carbocycles. The lowest BCUT2D eigenvalue weighted by Crippen LogP contribution is -2.49. The Balaban J connectivity index is 1.99. The molecule has 1 saturated heterocycles. The molecule has 2 heterocycles. The Bertz CT molecular complexity index is 510. The number of carboxylic acid groups (broad SMARTS) is 1. The first-order valence-electron chi connectivity index (χ1n) is 6.02. The summed E-state index contributed by atoms with van der Waals surface area (Å²) in [6.07, 6.45) is 0. The average Bonchev–Trinajstić information content (AvgIpc) is 2.37. The standard InChI is InChI=1S/C12H13Cl2N3O3/c13-9-5-8(6-10(14)15-9)12(20)17-3-1-16(2-4-17)7-11(18)19/h5-6H,1-4,7H2,(H,18,19). The number of hydrogen-bond acceptors (Lipinski definition) is 4. The summed E-state index contributed by atoms with van der Waals surface area (Å²) < 4.78 is 0. The van der Waals surface area contributed by atoms with Crippen LogP contribution in [0.4, 0.5) is 0 Å². The van der Waals surface area contributed by atoms with Crippen molar-refractivity contribution in [2.24, 2.45) is 0 Å². The summed E-state index contributed by atoms with van der Waals surface area (Å²) in [6, 6.07) is 2.94. The number of aliphatic carboxylic acids is 1. The number of carbonyl (C=O) groups is 2. The molecule has 1 N–H and O–H groups in total. The van der Waals surface area contributed by atoms with Crippen LogP contribution in [0.1, 0.15) is 10.4 Å². The zero-order valence-electron chi connectivity index (χ0n) is 10.6. The number of pyridine rings is 1. The summed E-state index contributed by atoms with van der Waals surface area (Å²) >= 11 is 11.5. The Kier molecular flexibility index (Phi) is 4.80. The van der Waals surface area contributed by atoms with Crippen molar-refractivity contribution < 1.29 is 14.7 Å². The highest BCUT2D eigenvalue weighted by Crippen LogP contribution is 2.17. The van der Waals surface area contributed by atoms with Gasteiger partial charge in [0.15, 0.2) is 0 Å². The van der Waals surface area contributed by atoms with Gasteiger partial charge in [0.2, 0.25) is 0 Å². The number of carbonyl (C=O) groups excluding carboxylic acids is 1. The first kappa shape index (κ1) is 15.0. The normalized spacial score (nSPS) is 16.2. The van der Waals surface area contributed by atoms with E-state index in [0.29, 0.717) is 31.7 Å². The fraction of sp³-hybridized carbons (Fsp3) is 0.417. The molecule has 1 aromatic heterocycles. The molecule has 0 bridgehead atoms. The average molecular weight is 318 g/mol. The molecule has 2 rings (SSSR count). The van der Waals surface area contributed by atoms with E-state index in [2.05, 4.69) is 4.98 Å². The summed E-state index contributed by atoms with van der Waals surface area (Å²) in [5.74, 6) is -1.04. The molecule has 1 aliphatic heterocycles. The lowest BCUT2D eigenvalue weighted by Gasteiger charge is -2.33. The van der Waals surface area contributed by atoms with Gasteiger partial charge in [0.05, 0.1) is 6.54 Å². The van der Waals surface area contributed by atoms with E-state index in [-0.39, 0.29) is 22.8 Å². The van der Waals surface area contributed by atoms with Crippen LogP contribution in [0.5, 0.6) is 0 Å². The predicted molar refractivity (Wildman–Crippen MR) is 74.2 cm³/mol. The predicted octanol–water partition coefficient (Wildman–Crippen LogP) is 1.23. The van der Waals surface area contributed by atoms with Gasteiger partial charge in [-0.25, -0.2) is 4.98 Å².